The van der Waals surface area contributed by atoms with Gasteiger partial charge in [-0.3, -0.25) is 4.90 Å². The molecule has 3 atom stereocenters. The molecule has 2 saturated heterocycles. The number of nitrogens with two attached hydrogens (primary N) is 1. The quantitative estimate of drug-likeness (QED) is 0.227. The Labute approximate surface area is 263 Å². The normalized spacial score (nSPS) is 23.0. The Hall–Kier alpha value is -3.67. The summed E-state index contributed by atoms with van der Waals surface area (Å²) in [5.41, 5.74) is 4.91. The molecule has 0 bridgehead atoms. The minimum atomic E-state index is -2.77. The van der Waals surface area contributed by atoms with E-state index in [1.165, 1.54) is 11.0 Å². The molecule has 0 saturated carbocycles. The molecule has 0 spiro atoms. The molecule has 2 aromatic carbocycles. The molecule has 0 aliphatic carbocycles. The van der Waals surface area contributed by atoms with Crippen molar-refractivity contribution >= 4 is 54.7 Å². The van der Waals surface area contributed by atoms with E-state index in [-0.39, 0.29) is 91.5 Å². The summed E-state index contributed by atoms with van der Waals surface area (Å²) < 4.78 is 86.0. The van der Waals surface area contributed by atoms with E-state index in [9.17, 15) is 22.8 Å². The maximum Gasteiger partial charge on any atom is 0.319 e. The monoisotopic (exact) mass is 664 g/mol. The standard InChI is InChI=1S/C30H26ClF5N6O2S/c1-13-11-43-25-21-24(23(36)20(22(25)31)15-3-4-17(33)26-19(15)16(8-37)27(38)45-26)39-29(40-28(21)42(13)10-18(34)35)44-12-30-5-2-6-41(30)9-14(32)7-30/h3-4,13-14,18H,2,5-7,9-12,38H2,1H3/t13-,14+,30-/m0/s1. The number of thiophene rings is 1. The molecule has 8 nitrogen and oxygen atoms in total. The lowest BCUT2D eigenvalue weighted by Gasteiger charge is -2.31. The van der Waals surface area contributed by atoms with Crippen LogP contribution in [0.25, 0.3) is 32.1 Å². The third-order valence-corrected chi connectivity index (χ3v) is 10.4. The number of rotatable bonds is 6. The number of alkyl halides is 3. The number of benzene rings is 2. The summed E-state index contributed by atoms with van der Waals surface area (Å²) in [7, 11) is 0. The average Bonchev–Trinajstić information content (AvgIpc) is 3.61. The van der Waals surface area contributed by atoms with Gasteiger partial charge in [-0.1, -0.05) is 17.7 Å². The van der Waals surface area contributed by atoms with Crippen LogP contribution in [0.3, 0.4) is 0 Å². The molecule has 0 amide bonds. The van der Waals surface area contributed by atoms with E-state index in [2.05, 4.69) is 9.97 Å². The van der Waals surface area contributed by atoms with Gasteiger partial charge in [-0.25, -0.2) is 22.0 Å². The molecule has 3 aliphatic heterocycles. The van der Waals surface area contributed by atoms with E-state index >= 15 is 4.39 Å². The van der Waals surface area contributed by atoms with Crippen LogP contribution in [0.2, 0.25) is 5.02 Å². The zero-order valence-electron chi connectivity index (χ0n) is 23.8. The van der Waals surface area contributed by atoms with Crippen LogP contribution in [0.15, 0.2) is 12.1 Å². The van der Waals surface area contributed by atoms with Crippen LogP contribution >= 0.6 is 22.9 Å². The van der Waals surface area contributed by atoms with Gasteiger partial charge in [-0.05, 0) is 37.9 Å². The van der Waals surface area contributed by atoms with Gasteiger partial charge in [0.15, 0.2) is 11.6 Å². The Morgan fingerprint density at radius 2 is 2.09 bits per heavy atom. The van der Waals surface area contributed by atoms with Crippen molar-refractivity contribution in [2.24, 2.45) is 0 Å². The number of nitriles is 1. The first-order valence-corrected chi connectivity index (χ1v) is 15.6. The first kappa shape index (κ1) is 30.0. The van der Waals surface area contributed by atoms with Gasteiger partial charge >= 0.3 is 6.01 Å². The first-order valence-electron chi connectivity index (χ1n) is 14.4. The summed E-state index contributed by atoms with van der Waals surface area (Å²) in [6.07, 6.45) is -1.97. The second-order valence-corrected chi connectivity index (χ2v) is 13.1. The Morgan fingerprint density at radius 1 is 1.29 bits per heavy atom. The zero-order valence-corrected chi connectivity index (χ0v) is 25.4. The van der Waals surface area contributed by atoms with Crippen LogP contribution in [0.5, 0.6) is 11.8 Å². The number of hydrogen-bond donors (Lipinski definition) is 1. The van der Waals surface area contributed by atoms with Gasteiger partial charge in [0.2, 0.25) is 0 Å². The van der Waals surface area contributed by atoms with Gasteiger partial charge in [0.1, 0.15) is 47.6 Å². The van der Waals surface area contributed by atoms with Gasteiger partial charge < -0.3 is 20.1 Å². The number of anilines is 2. The van der Waals surface area contributed by atoms with E-state index in [1.807, 2.05) is 11.0 Å². The molecule has 236 valence electrons. The molecule has 5 heterocycles. The zero-order chi connectivity index (χ0) is 31.8. The van der Waals surface area contributed by atoms with Gasteiger partial charge in [-0.15, -0.1) is 11.3 Å². The number of halogens is 6. The molecule has 2 aromatic heterocycles. The number of nitrogens with zero attached hydrogens (tertiary/aromatic N) is 5. The van der Waals surface area contributed by atoms with E-state index in [1.54, 1.807) is 6.92 Å². The van der Waals surface area contributed by atoms with Gasteiger partial charge in [0.05, 0.1) is 38.8 Å². The molecule has 0 radical (unpaired) electrons. The Kier molecular flexibility index (Phi) is 7.33. The number of ether oxygens (including phenoxy) is 2. The van der Waals surface area contributed by atoms with E-state index in [0.29, 0.717) is 13.0 Å². The summed E-state index contributed by atoms with van der Waals surface area (Å²) in [4.78, 5) is 12.2. The number of hydrogen-bond acceptors (Lipinski definition) is 9. The van der Waals surface area contributed by atoms with Crippen LogP contribution in [0.1, 0.15) is 31.7 Å². The highest BCUT2D eigenvalue weighted by Crippen LogP contribution is 2.51. The summed E-state index contributed by atoms with van der Waals surface area (Å²) in [6.45, 7) is 1.83. The average molecular weight is 665 g/mol. The van der Waals surface area contributed by atoms with Crippen LogP contribution in [-0.2, 0) is 0 Å². The fourth-order valence-electron chi connectivity index (χ4n) is 6.95. The summed E-state index contributed by atoms with van der Waals surface area (Å²) >= 11 is 7.69. The molecule has 15 heteroatoms. The molecule has 45 heavy (non-hydrogen) atoms. The Balaban J connectivity index is 1.46. The molecule has 3 aliphatic rings. The molecular formula is C30H26ClF5N6O2S. The lowest BCUT2D eigenvalue weighted by atomic mass is 9.95. The minimum Gasteiger partial charge on any atom is -0.489 e. The number of aromatic nitrogens is 2. The third kappa shape index (κ3) is 4.70. The lowest BCUT2D eigenvalue weighted by molar-refractivity contribution is 0.107. The van der Waals surface area contributed by atoms with Crippen molar-refractivity contribution in [1.29, 1.82) is 5.26 Å². The lowest BCUT2D eigenvalue weighted by Crippen LogP contribution is -2.43. The Morgan fingerprint density at radius 3 is 2.84 bits per heavy atom. The van der Waals surface area contributed by atoms with Crippen LogP contribution in [0.4, 0.5) is 32.8 Å². The highest BCUT2D eigenvalue weighted by Gasteiger charge is 2.49. The van der Waals surface area contributed by atoms with Crippen LogP contribution < -0.4 is 20.1 Å². The van der Waals surface area contributed by atoms with Crippen molar-refractivity contribution in [1.82, 2.24) is 14.9 Å². The highest BCUT2D eigenvalue weighted by atomic mass is 35.5. The molecule has 7 rings (SSSR count). The van der Waals surface area contributed by atoms with E-state index < -0.39 is 42.4 Å². The second-order valence-electron chi connectivity index (χ2n) is 11.7. The predicted molar refractivity (Wildman–Crippen MR) is 161 cm³/mol. The molecule has 2 N–H and O–H groups in total. The summed E-state index contributed by atoms with van der Waals surface area (Å²) in [5.74, 6) is -1.74. The van der Waals surface area contributed by atoms with Crippen molar-refractivity contribution < 1.29 is 31.4 Å². The topological polar surface area (TPSA) is 101 Å². The second kappa shape index (κ2) is 11.0. The SMILES string of the molecule is C[C@H]1COc2c(Cl)c(-c3ccc(F)c4sc(N)c(C#N)c34)c(F)c3nc(OC[C@@]45CCCN4C[C@H](F)C5)nc(c23)N1CC(F)F. The van der Waals surface area contributed by atoms with Crippen LogP contribution in [-0.4, -0.2) is 71.9 Å². The summed E-state index contributed by atoms with van der Waals surface area (Å²) in [6, 6.07) is 3.44. The van der Waals surface area contributed by atoms with Crippen LogP contribution in [0, 0.1) is 23.0 Å². The van der Waals surface area contributed by atoms with E-state index in [0.717, 1.165) is 23.8 Å². The van der Waals surface area contributed by atoms with Crippen molar-refractivity contribution in [2.45, 2.75) is 50.4 Å². The Bertz CT molecular complexity index is 1900. The molecule has 2 fully saturated rings. The van der Waals surface area contributed by atoms with Crippen molar-refractivity contribution in [2.75, 3.05) is 43.5 Å². The van der Waals surface area contributed by atoms with Crippen molar-refractivity contribution in [3.8, 4) is 29.0 Å². The third-order valence-electron chi connectivity index (χ3n) is 8.98. The number of nitrogen functional groups attached to an aromatic ring is 1. The largest absolute Gasteiger partial charge is 0.489 e. The van der Waals surface area contributed by atoms with Gasteiger partial charge in [0.25, 0.3) is 6.43 Å². The summed E-state index contributed by atoms with van der Waals surface area (Å²) in [5, 5.41) is 9.68. The maximum atomic E-state index is 16.9. The first-order chi connectivity index (χ1) is 21.5. The smallest absolute Gasteiger partial charge is 0.319 e. The molecule has 4 aromatic rings. The number of fused-ring (bicyclic) bond motifs is 2. The predicted octanol–water partition coefficient (Wildman–Crippen LogP) is 6.70. The fraction of sp³-hybridized carbons (Fsp3) is 0.433. The fourth-order valence-corrected chi connectivity index (χ4v) is 8.24. The van der Waals surface area contributed by atoms with Gasteiger partial charge in [-0.2, -0.15) is 15.2 Å². The molecular weight excluding hydrogens is 639 g/mol. The minimum absolute atomic E-state index is 0.0203. The van der Waals surface area contributed by atoms with Crippen molar-refractivity contribution in [3.05, 3.63) is 34.4 Å². The van der Waals surface area contributed by atoms with Gasteiger partial charge in [0, 0.05) is 23.9 Å². The van der Waals surface area contributed by atoms with Crippen molar-refractivity contribution in [3.63, 3.8) is 0 Å². The maximum absolute atomic E-state index is 16.9. The highest BCUT2D eigenvalue weighted by molar-refractivity contribution is 7.23. The van der Waals surface area contributed by atoms with E-state index in [4.69, 9.17) is 26.8 Å². The molecule has 0 unspecified atom stereocenters.